The maximum atomic E-state index is 11.4. The molecule has 0 bridgehead atoms. The predicted octanol–water partition coefficient (Wildman–Crippen LogP) is 0.279. The number of hydrogen-bond acceptors (Lipinski definition) is 3. The van der Waals surface area contributed by atoms with E-state index in [9.17, 15) is 4.79 Å². The first-order valence-electron chi connectivity index (χ1n) is 6.50. The van der Waals surface area contributed by atoms with Crippen LogP contribution in [0.25, 0.3) is 0 Å². The summed E-state index contributed by atoms with van der Waals surface area (Å²) in [6, 6.07) is 0. The van der Waals surface area contributed by atoms with Gasteiger partial charge < -0.3 is 15.5 Å². The molecule has 16 heavy (non-hydrogen) atoms. The van der Waals surface area contributed by atoms with Gasteiger partial charge in [-0.05, 0) is 44.7 Å². The van der Waals surface area contributed by atoms with E-state index in [-0.39, 0.29) is 12.5 Å². The standard InChI is InChI=1S/C12H23N3O/c13-9-12(16)15-7-3-11(4-8-15)10-14-5-1-2-6-14/h11H,1-10,13H2. The second kappa shape index (κ2) is 5.64. The second-order valence-electron chi connectivity index (χ2n) is 5.04. The Morgan fingerprint density at radius 2 is 1.75 bits per heavy atom. The third-order valence-electron chi connectivity index (χ3n) is 3.86. The molecule has 2 aliphatic rings. The first-order chi connectivity index (χ1) is 7.79. The Hall–Kier alpha value is -0.610. The van der Waals surface area contributed by atoms with Gasteiger partial charge in [0.2, 0.25) is 5.91 Å². The van der Waals surface area contributed by atoms with Gasteiger partial charge in [0, 0.05) is 19.6 Å². The number of nitrogens with two attached hydrogens (primary N) is 1. The zero-order valence-electron chi connectivity index (χ0n) is 10.0. The van der Waals surface area contributed by atoms with Crippen molar-refractivity contribution < 1.29 is 4.79 Å². The number of carbonyl (C=O) groups excluding carboxylic acids is 1. The zero-order valence-corrected chi connectivity index (χ0v) is 10.0. The van der Waals surface area contributed by atoms with Gasteiger partial charge in [0.15, 0.2) is 0 Å². The fraction of sp³-hybridized carbons (Fsp3) is 0.917. The Kier molecular flexibility index (Phi) is 4.18. The molecule has 0 aliphatic carbocycles. The monoisotopic (exact) mass is 225 g/mol. The smallest absolute Gasteiger partial charge is 0.236 e. The number of rotatable bonds is 3. The number of hydrogen-bond donors (Lipinski definition) is 1. The largest absolute Gasteiger partial charge is 0.342 e. The van der Waals surface area contributed by atoms with Gasteiger partial charge in [-0.1, -0.05) is 0 Å². The quantitative estimate of drug-likeness (QED) is 0.750. The molecule has 0 saturated carbocycles. The molecule has 4 heteroatoms. The van der Waals surface area contributed by atoms with Crippen LogP contribution in [0.2, 0.25) is 0 Å². The van der Waals surface area contributed by atoms with Gasteiger partial charge in [-0.15, -0.1) is 0 Å². The summed E-state index contributed by atoms with van der Waals surface area (Å²) in [7, 11) is 0. The molecule has 0 aromatic carbocycles. The van der Waals surface area contributed by atoms with Crippen LogP contribution in [-0.4, -0.2) is 55.0 Å². The van der Waals surface area contributed by atoms with Crippen molar-refractivity contribution in [2.24, 2.45) is 11.7 Å². The van der Waals surface area contributed by atoms with E-state index in [4.69, 9.17) is 5.73 Å². The van der Waals surface area contributed by atoms with Crippen LogP contribution < -0.4 is 5.73 Å². The molecule has 0 unspecified atom stereocenters. The summed E-state index contributed by atoms with van der Waals surface area (Å²) in [6.07, 6.45) is 5.04. The molecule has 2 rings (SSSR count). The SMILES string of the molecule is NCC(=O)N1CCC(CN2CCCC2)CC1. The maximum Gasteiger partial charge on any atom is 0.236 e. The van der Waals surface area contributed by atoms with Crippen LogP contribution in [0.5, 0.6) is 0 Å². The topological polar surface area (TPSA) is 49.6 Å². The molecule has 2 fully saturated rings. The van der Waals surface area contributed by atoms with Gasteiger partial charge in [0.05, 0.1) is 6.54 Å². The molecule has 2 saturated heterocycles. The summed E-state index contributed by atoms with van der Waals surface area (Å²) in [5.74, 6) is 0.902. The molecule has 2 aliphatic heterocycles. The summed E-state index contributed by atoms with van der Waals surface area (Å²) in [5, 5.41) is 0. The van der Waals surface area contributed by atoms with Crippen molar-refractivity contribution in [3.63, 3.8) is 0 Å². The molecule has 0 aromatic heterocycles. The van der Waals surface area contributed by atoms with E-state index < -0.39 is 0 Å². The average molecular weight is 225 g/mol. The van der Waals surface area contributed by atoms with E-state index in [1.165, 1.54) is 32.5 Å². The van der Waals surface area contributed by atoms with E-state index >= 15 is 0 Å². The lowest BCUT2D eigenvalue weighted by molar-refractivity contribution is -0.131. The molecular weight excluding hydrogens is 202 g/mol. The van der Waals surface area contributed by atoms with Crippen LogP contribution in [0, 0.1) is 5.92 Å². The number of likely N-dealkylation sites (tertiary alicyclic amines) is 2. The summed E-state index contributed by atoms with van der Waals surface area (Å²) >= 11 is 0. The molecule has 2 heterocycles. The number of amides is 1. The lowest BCUT2D eigenvalue weighted by Gasteiger charge is -2.33. The van der Waals surface area contributed by atoms with Crippen LogP contribution in [0.3, 0.4) is 0 Å². The Morgan fingerprint density at radius 3 is 2.31 bits per heavy atom. The van der Waals surface area contributed by atoms with Crippen LogP contribution in [0.1, 0.15) is 25.7 Å². The van der Waals surface area contributed by atoms with Crippen LogP contribution in [0.4, 0.5) is 0 Å². The van der Waals surface area contributed by atoms with Gasteiger partial charge in [-0.3, -0.25) is 4.79 Å². The van der Waals surface area contributed by atoms with Crippen molar-refractivity contribution >= 4 is 5.91 Å². The lowest BCUT2D eigenvalue weighted by Crippen LogP contribution is -2.43. The number of carbonyl (C=O) groups is 1. The lowest BCUT2D eigenvalue weighted by atomic mass is 9.96. The van der Waals surface area contributed by atoms with Gasteiger partial charge in [-0.2, -0.15) is 0 Å². The minimum Gasteiger partial charge on any atom is -0.342 e. The van der Waals surface area contributed by atoms with Gasteiger partial charge >= 0.3 is 0 Å². The van der Waals surface area contributed by atoms with Crippen LogP contribution in [-0.2, 0) is 4.79 Å². The minimum atomic E-state index is 0.111. The van der Waals surface area contributed by atoms with Gasteiger partial charge in [0.1, 0.15) is 0 Å². The van der Waals surface area contributed by atoms with Gasteiger partial charge in [-0.25, -0.2) is 0 Å². The third kappa shape index (κ3) is 2.95. The normalized spacial score (nSPS) is 23.9. The van der Waals surface area contributed by atoms with E-state index in [1.807, 2.05) is 4.90 Å². The first-order valence-corrected chi connectivity index (χ1v) is 6.50. The third-order valence-corrected chi connectivity index (χ3v) is 3.86. The van der Waals surface area contributed by atoms with Crippen molar-refractivity contribution in [1.82, 2.24) is 9.80 Å². The molecular formula is C12H23N3O. The molecule has 0 radical (unpaired) electrons. The van der Waals surface area contributed by atoms with E-state index in [0.29, 0.717) is 0 Å². The summed E-state index contributed by atoms with van der Waals surface area (Å²) < 4.78 is 0. The second-order valence-corrected chi connectivity index (χ2v) is 5.04. The van der Waals surface area contributed by atoms with E-state index in [1.54, 1.807) is 0 Å². The highest BCUT2D eigenvalue weighted by atomic mass is 16.2. The molecule has 0 aromatic rings. The van der Waals surface area contributed by atoms with Crippen molar-refractivity contribution in [3.05, 3.63) is 0 Å². The Balaban J connectivity index is 1.70. The Bertz CT molecular complexity index is 230. The van der Waals surface area contributed by atoms with Gasteiger partial charge in [0.25, 0.3) is 0 Å². The molecule has 92 valence electrons. The Morgan fingerprint density at radius 1 is 1.12 bits per heavy atom. The molecule has 0 atom stereocenters. The number of nitrogens with zero attached hydrogens (tertiary/aromatic N) is 2. The van der Waals surface area contributed by atoms with Crippen molar-refractivity contribution in [2.75, 3.05) is 39.3 Å². The molecule has 4 nitrogen and oxygen atoms in total. The Labute approximate surface area is 97.8 Å². The van der Waals surface area contributed by atoms with Crippen LogP contribution >= 0.6 is 0 Å². The van der Waals surface area contributed by atoms with E-state index in [0.717, 1.165) is 31.8 Å². The maximum absolute atomic E-state index is 11.4. The summed E-state index contributed by atoms with van der Waals surface area (Å²) in [6.45, 7) is 5.79. The minimum absolute atomic E-state index is 0.111. The van der Waals surface area contributed by atoms with Crippen molar-refractivity contribution in [2.45, 2.75) is 25.7 Å². The zero-order chi connectivity index (χ0) is 11.4. The highest BCUT2D eigenvalue weighted by Gasteiger charge is 2.24. The highest BCUT2D eigenvalue weighted by Crippen LogP contribution is 2.20. The van der Waals surface area contributed by atoms with Crippen molar-refractivity contribution in [3.8, 4) is 0 Å². The number of piperidine rings is 1. The first kappa shape index (κ1) is 11.9. The van der Waals surface area contributed by atoms with Crippen LogP contribution in [0.15, 0.2) is 0 Å². The average Bonchev–Trinajstić information content (AvgIpc) is 2.82. The summed E-state index contributed by atoms with van der Waals surface area (Å²) in [5.41, 5.74) is 5.37. The highest BCUT2D eigenvalue weighted by molar-refractivity contribution is 5.78. The van der Waals surface area contributed by atoms with Crippen molar-refractivity contribution in [1.29, 1.82) is 0 Å². The van der Waals surface area contributed by atoms with E-state index in [2.05, 4.69) is 4.90 Å². The summed E-state index contributed by atoms with van der Waals surface area (Å²) in [4.78, 5) is 15.9. The molecule has 2 N–H and O–H groups in total. The molecule has 1 amide bonds. The fourth-order valence-electron chi connectivity index (χ4n) is 2.82. The molecule has 0 spiro atoms. The predicted molar refractivity (Wildman–Crippen MR) is 64.0 cm³/mol. The fourth-order valence-corrected chi connectivity index (χ4v) is 2.82.